The smallest absolute Gasteiger partial charge is 0.129 e. The molecule has 1 aromatic carbocycles. The van der Waals surface area contributed by atoms with Crippen molar-refractivity contribution in [3.8, 4) is 0 Å². The van der Waals surface area contributed by atoms with Gasteiger partial charge in [0, 0.05) is 11.6 Å². The third-order valence-electron chi connectivity index (χ3n) is 2.78. The maximum absolute atomic E-state index is 13.5. The number of aryl methyl sites for hydroxylation is 1. The lowest BCUT2D eigenvalue weighted by atomic mass is 10.0. The van der Waals surface area contributed by atoms with Gasteiger partial charge in [-0.15, -0.1) is 0 Å². The Balaban J connectivity index is 2.43. The second-order valence-electron chi connectivity index (χ2n) is 3.96. The van der Waals surface area contributed by atoms with Crippen LogP contribution in [-0.2, 0) is 0 Å². The predicted octanol–water partition coefficient (Wildman–Crippen LogP) is 3.20. The highest BCUT2D eigenvalue weighted by molar-refractivity contribution is 6.32. The third kappa shape index (κ3) is 1.64. The molecule has 0 bridgehead atoms. The summed E-state index contributed by atoms with van der Waals surface area (Å²) in [5.74, 6) is 0.142. The van der Waals surface area contributed by atoms with Crippen LogP contribution in [0.2, 0.25) is 5.02 Å². The highest BCUT2D eigenvalue weighted by atomic mass is 35.5. The zero-order chi connectivity index (χ0) is 10.3. The van der Waals surface area contributed by atoms with Crippen LogP contribution in [0.25, 0.3) is 0 Å². The van der Waals surface area contributed by atoms with Crippen LogP contribution in [0.1, 0.15) is 30.0 Å². The van der Waals surface area contributed by atoms with E-state index in [1.807, 2.05) is 6.92 Å². The molecule has 1 nitrogen and oxygen atoms in total. The molecule has 1 aliphatic rings. The first-order chi connectivity index (χ1) is 6.61. The van der Waals surface area contributed by atoms with Gasteiger partial charge in [0.25, 0.3) is 0 Å². The van der Waals surface area contributed by atoms with Crippen LogP contribution in [0.15, 0.2) is 12.1 Å². The second-order valence-corrected chi connectivity index (χ2v) is 4.33. The number of rotatable bonds is 2. The molecule has 0 aromatic heterocycles. The Morgan fingerprint density at radius 1 is 1.50 bits per heavy atom. The summed E-state index contributed by atoms with van der Waals surface area (Å²) in [4.78, 5) is 0. The van der Waals surface area contributed by atoms with E-state index < -0.39 is 0 Å². The first kappa shape index (κ1) is 9.94. The monoisotopic (exact) mass is 213 g/mol. The summed E-state index contributed by atoms with van der Waals surface area (Å²) in [6.07, 6.45) is 2.18. The van der Waals surface area contributed by atoms with E-state index in [0.717, 1.165) is 18.4 Å². The largest absolute Gasteiger partial charge is 0.324 e. The van der Waals surface area contributed by atoms with Crippen molar-refractivity contribution in [2.75, 3.05) is 0 Å². The van der Waals surface area contributed by atoms with E-state index in [9.17, 15) is 4.39 Å². The van der Waals surface area contributed by atoms with Gasteiger partial charge >= 0.3 is 0 Å². The van der Waals surface area contributed by atoms with Gasteiger partial charge in [-0.05, 0) is 37.3 Å². The number of nitrogens with two attached hydrogens (primary N) is 1. The topological polar surface area (TPSA) is 26.0 Å². The Hall–Kier alpha value is -0.600. The van der Waals surface area contributed by atoms with Crippen molar-refractivity contribution in [2.24, 2.45) is 11.7 Å². The molecule has 76 valence electrons. The molecule has 0 aliphatic heterocycles. The lowest BCUT2D eigenvalue weighted by Crippen LogP contribution is -2.15. The van der Waals surface area contributed by atoms with Gasteiger partial charge in [-0.2, -0.15) is 0 Å². The van der Waals surface area contributed by atoms with Gasteiger partial charge in [0.1, 0.15) is 5.82 Å². The molecule has 1 saturated carbocycles. The number of hydrogen-bond acceptors (Lipinski definition) is 1. The molecule has 1 aliphatic carbocycles. The zero-order valence-corrected chi connectivity index (χ0v) is 8.81. The SMILES string of the molecule is Cc1ccc(F)c([C@H](N)C2CC2)c1Cl. The standard InChI is InChI=1S/C11H13ClFN/c1-6-2-5-8(13)9(10(6)12)11(14)7-3-4-7/h2,5,7,11H,3-4,14H2,1H3/t11-/m1/s1. The van der Waals surface area contributed by atoms with Gasteiger partial charge in [0.05, 0.1) is 5.02 Å². The second kappa shape index (κ2) is 3.52. The summed E-state index contributed by atoms with van der Waals surface area (Å²) >= 11 is 6.05. The Bertz CT molecular complexity index is 361. The van der Waals surface area contributed by atoms with Gasteiger partial charge in [0.15, 0.2) is 0 Å². The first-order valence-corrected chi connectivity index (χ1v) is 5.19. The van der Waals surface area contributed by atoms with E-state index >= 15 is 0 Å². The molecule has 14 heavy (non-hydrogen) atoms. The summed E-state index contributed by atoms with van der Waals surface area (Å²) in [6, 6.07) is 2.89. The van der Waals surface area contributed by atoms with E-state index in [0.29, 0.717) is 16.5 Å². The molecule has 2 N–H and O–H groups in total. The Kier molecular flexibility index (Phi) is 2.50. The predicted molar refractivity (Wildman–Crippen MR) is 55.8 cm³/mol. The number of hydrogen-bond donors (Lipinski definition) is 1. The molecule has 0 heterocycles. The fraction of sp³-hybridized carbons (Fsp3) is 0.455. The van der Waals surface area contributed by atoms with E-state index in [1.54, 1.807) is 6.07 Å². The number of halogens is 2. The van der Waals surface area contributed by atoms with Crippen LogP contribution in [-0.4, -0.2) is 0 Å². The van der Waals surface area contributed by atoms with Crippen molar-refractivity contribution in [3.63, 3.8) is 0 Å². The van der Waals surface area contributed by atoms with Crippen LogP contribution in [0, 0.1) is 18.7 Å². The van der Waals surface area contributed by atoms with Crippen molar-refractivity contribution >= 4 is 11.6 Å². The molecule has 0 unspecified atom stereocenters. The fourth-order valence-electron chi connectivity index (χ4n) is 1.67. The number of benzene rings is 1. The summed E-state index contributed by atoms with van der Waals surface area (Å²) in [7, 11) is 0. The average molecular weight is 214 g/mol. The van der Waals surface area contributed by atoms with Crippen molar-refractivity contribution in [2.45, 2.75) is 25.8 Å². The minimum Gasteiger partial charge on any atom is -0.324 e. The molecule has 1 aromatic rings. The minimum atomic E-state index is -0.278. The van der Waals surface area contributed by atoms with E-state index in [4.69, 9.17) is 17.3 Å². The highest BCUT2D eigenvalue weighted by Gasteiger charge is 2.32. The minimum absolute atomic E-state index is 0.234. The zero-order valence-electron chi connectivity index (χ0n) is 8.06. The molecule has 1 atom stereocenters. The Labute approximate surface area is 88.1 Å². The third-order valence-corrected chi connectivity index (χ3v) is 3.28. The van der Waals surface area contributed by atoms with Crippen molar-refractivity contribution in [3.05, 3.63) is 34.1 Å². The molecule has 1 fully saturated rings. The summed E-state index contributed by atoms with van der Waals surface area (Å²) in [5, 5.41) is 0.490. The molecule has 0 saturated heterocycles. The summed E-state index contributed by atoms with van der Waals surface area (Å²) in [5.41, 5.74) is 7.33. The highest BCUT2D eigenvalue weighted by Crippen LogP contribution is 2.42. The van der Waals surface area contributed by atoms with Gasteiger partial charge in [-0.1, -0.05) is 17.7 Å². The maximum Gasteiger partial charge on any atom is 0.129 e. The molecule has 0 amide bonds. The lowest BCUT2D eigenvalue weighted by Gasteiger charge is -2.15. The van der Waals surface area contributed by atoms with Crippen LogP contribution >= 0.6 is 11.6 Å². The average Bonchev–Trinajstić information content (AvgIpc) is 2.95. The van der Waals surface area contributed by atoms with Crippen LogP contribution in [0.4, 0.5) is 4.39 Å². The summed E-state index contributed by atoms with van der Waals surface area (Å²) < 4.78 is 13.5. The van der Waals surface area contributed by atoms with Gasteiger partial charge in [-0.25, -0.2) is 4.39 Å². The van der Waals surface area contributed by atoms with Crippen LogP contribution in [0.3, 0.4) is 0 Å². The molecular formula is C11H13ClFN. The van der Waals surface area contributed by atoms with Crippen molar-refractivity contribution in [1.82, 2.24) is 0 Å². The Morgan fingerprint density at radius 3 is 2.71 bits per heavy atom. The van der Waals surface area contributed by atoms with Crippen LogP contribution < -0.4 is 5.73 Å². The van der Waals surface area contributed by atoms with Crippen molar-refractivity contribution < 1.29 is 4.39 Å². The quantitative estimate of drug-likeness (QED) is 0.802. The maximum atomic E-state index is 13.5. The molecule has 0 radical (unpaired) electrons. The van der Waals surface area contributed by atoms with E-state index in [2.05, 4.69) is 0 Å². The molecule has 0 spiro atoms. The Morgan fingerprint density at radius 2 is 2.14 bits per heavy atom. The van der Waals surface area contributed by atoms with E-state index in [-0.39, 0.29) is 11.9 Å². The van der Waals surface area contributed by atoms with Gasteiger partial charge in [0.2, 0.25) is 0 Å². The summed E-state index contributed by atoms with van der Waals surface area (Å²) in [6.45, 7) is 1.87. The lowest BCUT2D eigenvalue weighted by molar-refractivity contribution is 0.553. The fourth-order valence-corrected chi connectivity index (χ4v) is 1.95. The molecule has 3 heteroatoms. The molecular weight excluding hydrogens is 201 g/mol. The normalized spacial score (nSPS) is 18.3. The van der Waals surface area contributed by atoms with Gasteiger partial charge in [-0.3, -0.25) is 0 Å². The molecule has 2 rings (SSSR count). The van der Waals surface area contributed by atoms with Crippen LogP contribution in [0.5, 0.6) is 0 Å². The van der Waals surface area contributed by atoms with E-state index in [1.165, 1.54) is 6.07 Å². The van der Waals surface area contributed by atoms with Crippen molar-refractivity contribution in [1.29, 1.82) is 0 Å². The van der Waals surface area contributed by atoms with Gasteiger partial charge < -0.3 is 5.73 Å². The first-order valence-electron chi connectivity index (χ1n) is 4.81.